The van der Waals surface area contributed by atoms with Crippen molar-refractivity contribution >= 4 is 16.9 Å². The van der Waals surface area contributed by atoms with Crippen LogP contribution in [0.25, 0.3) is 11.0 Å². The normalized spacial score (nSPS) is 15.5. The number of fused-ring (bicyclic) bond motifs is 1. The summed E-state index contributed by atoms with van der Waals surface area (Å²) in [6.45, 7) is 10.8. The number of rotatable bonds is 5. The van der Waals surface area contributed by atoms with Gasteiger partial charge in [-0.3, -0.25) is 4.79 Å². The van der Waals surface area contributed by atoms with Crippen LogP contribution in [-0.4, -0.2) is 20.7 Å². The number of carbonyl (C=O) groups excluding carboxylic acids is 1. The van der Waals surface area contributed by atoms with Crippen molar-refractivity contribution in [2.45, 2.75) is 71.4 Å². The third kappa shape index (κ3) is 4.04. The fourth-order valence-electron chi connectivity index (χ4n) is 3.93. The van der Waals surface area contributed by atoms with Crippen LogP contribution >= 0.6 is 0 Å². The van der Waals surface area contributed by atoms with Gasteiger partial charge in [0.2, 0.25) is 5.91 Å². The molecule has 5 nitrogen and oxygen atoms in total. The molecule has 0 bridgehead atoms. The number of hydrogen-bond donors (Lipinski definition) is 1. The maximum absolute atomic E-state index is 12.7. The highest BCUT2D eigenvalue weighted by atomic mass is 16.2. The van der Waals surface area contributed by atoms with E-state index in [0.717, 1.165) is 22.3 Å². The molecule has 2 heterocycles. The molecular formula is C24H30N4O. The van der Waals surface area contributed by atoms with Crippen molar-refractivity contribution in [2.24, 2.45) is 0 Å². The van der Waals surface area contributed by atoms with Gasteiger partial charge >= 0.3 is 0 Å². The zero-order valence-corrected chi connectivity index (χ0v) is 18.0. The second-order valence-electron chi connectivity index (χ2n) is 9.28. The number of benzene rings is 1. The molecule has 1 amide bonds. The van der Waals surface area contributed by atoms with E-state index >= 15 is 0 Å². The number of nitrogens with zero attached hydrogens (tertiary/aromatic N) is 3. The van der Waals surface area contributed by atoms with Crippen molar-refractivity contribution in [1.82, 2.24) is 20.1 Å². The van der Waals surface area contributed by atoms with Gasteiger partial charge in [-0.1, -0.05) is 45.0 Å². The predicted octanol–water partition coefficient (Wildman–Crippen LogP) is 4.79. The van der Waals surface area contributed by atoms with E-state index in [1.165, 1.54) is 24.0 Å². The molecule has 3 aromatic rings. The first kappa shape index (κ1) is 19.6. The molecule has 0 spiro atoms. The lowest BCUT2D eigenvalue weighted by Crippen LogP contribution is -2.30. The summed E-state index contributed by atoms with van der Waals surface area (Å²) in [6, 6.07) is 10.5. The molecule has 1 N–H and O–H groups in total. The molecule has 1 aromatic carbocycles. The minimum atomic E-state index is -0.0607. The second-order valence-corrected chi connectivity index (χ2v) is 9.28. The summed E-state index contributed by atoms with van der Waals surface area (Å²) < 4.78 is 1.74. The largest absolute Gasteiger partial charge is 0.348 e. The molecule has 1 unspecified atom stereocenters. The molecule has 1 aliphatic carbocycles. The third-order valence-electron chi connectivity index (χ3n) is 5.80. The average molecular weight is 391 g/mol. The first-order valence-electron chi connectivity index (χ1n) is 10.5. The Bertz CT molecular complexity index is 1040. The highest BCUT2D eigenvalue weighted by Crippen LogP contribution is 2.43. The Labute approximate surface area is 172 Å². The van der Waals surface area contributed by atoms with E-state index in [0.29, 0.717) is 5.92 Å². The minimum Gasteiger partial charge on any atom is -0.348 e. The van der Waals surface area contributed by atoms with Crippen molar-refractivity contribution in [1.29, 1.82) is 0 Å². The molecule has 5 heteroatoms. The van der Waals surface area contributed by atoms with E-state index in [2.05, 4.69) is 66.5 Å². The fourth-order valence-corrected chi connectivity index (χ4v) is 3.93. The lowest BCUT2D eigenvalue weighted by atomic mass is 9.86. The number of carbonyl (C=O) groups is 1. The van der Waals surface area contributed by atoms with Crippen LogP contribution < -0.4 is 5.32 Å². The Balaban J connectivity index is 1.48. The monoisotopic (exact) mass is 390 g/mol. The van der Waals surface area contributed by atoms with E-state index in [1.807, 2.05) is 20.0 Å². The van der Waals surface area contributed by atoms with Crippen LogP contribution in [-0.2, 0) is 16.8 Å². The molecule has 2 aromatic heterocycles. The van der Waals surface area contributed by atoms with Gasteiger partial charge in [0.15, 0.2) is 5.65 Å². The smallest absolute Gasteiger partial charge is 0.242 e. The van der Waals surface area contributed by atoms with E-state index < -0.39 is 0 Å². The van der Waals surface area contributed by atoms with Gasteiger partial charge in [0.25, 0.3) is 0 Å². The number of aromatic nitrogens is 3. The van der Waals surface area contributed by atoms with Gasteiger partial charge in [0.1, 0.15) is 6.54 Å². The summed E-state index contributed by atoms with van der Waals surface area (Å²) >= 11 is 0. The predicted molar refractivity (Wildman–Crippen MR) is 116 cm³/mol. The quantitative estimate of drug-likeness (QED) is 0.681. The molecule has 0 saturated heterocycles. The average Bonchev–Trinajstić information content (AvgIpc) is 3.46. The maximum atomic E-state index is 12.7. The van der Waals surface area contributed by atoms with Crippen LogP contribution in [0.3, 0.4) is 0 Å². The number of hydrogen-bond acceptors (Lipinski definition) is 3. The summed E-state index contributed by atoms with van der Waals surface area (Å²) in [5.74, 6) is 0.571. The van der Waals surface area contributed by atoms with E-state index in [1.54, 1.807) is 4.68 Å². The zero-order chi connectivity index (χ0) is 20.8. The molecule has 0 aliphatic heterocycles. The van der Waals surface area contributed by atoms with Crippen molar-refractivity contribution < 1.29 is 4.79 Å². The van der Waals surface area contributed by atoms with Crippen molar-refractivity contribution in [3.63, 3.8) is 0 Å². The van der Waals surface area contributed by atoms with Crippen LogP contribution in [0.5, 0.6) is 0 Å². The van der Waals surface area contributed by atoms with Crippen molar-refractivity contribution in [3.8, 4) is 0 Å². The second kappa shape index (κ2) is 7.29. The number of pyridine rings is 1. The highest BCUT2D eigenvalue weighted by Gasteiger charge is 2.28. The molecule has 1 saturated carbocycles. The molecule has 0 radical (unpaired) electrons. The standard InChI is InChI=1S/C24H30N4O/c1-15(17-8-10-19(11-9-17)24(3,4)5)26-21(29)14-28-23-22(16(2)27-28)20(12-13-25-23)18-6-7-18/h8-13,15,18H,6-7,14H2,1-5H3,(H,26,29). The van der Waals surface area contributed by atoms with Crippen LogP contribution in [0.4, 0.5) is 0 Å². The lowest BCUT2D eigenvalue weighted by Gasteiger charge is -2.20. The Morgan fingerprint density at radius 1 is 1.21 bits per heavy atom. The Hall–Kier alpha value is -2.69. The van der Waals surface area contributed by atoms with Gasteiger partial charge in [-0.05, 0) is 60.8 Å². The molecule has 1 fully saturated rings. The zero-order valence-electron chi connectivity index (χ0n) is 18.0. The summed E-state index contributed by atoms with van der Waals surface area (Å²) in [4.78, 5) is 17.2. The molecule has 1 aliphatic rings. The van der Waals surface area contributed by atoms with Gasteiger partial charge in [-0.2, -0.15) is 5.10 Å². The van der Waals surface area contributed by atoms with E-state index in [-0.39, 0.29) is 23.9 Å². The fraction of sp³-hybridized carbons (Fsp3) is 0.458. The topological polar surface area (TPSA) is 59.8 Å². The van der Waals surface area contributed by atoms with Crippen molar-refractivity contribution in [3.05, 3.63) is 58.9 Å². The van der Waals surface area contributed by atoms with Crippen LogP contribution in [0, 0.1) is 6.92 Å². The summed E-state index contributed by atoms with van der Waals surface area (Å²) in [6.07, 6.45) is 4.30. The first-order valence-corrected chi connectivity index (χ1v) is 10.5. The van der Waals surface area contributed by atoms with E-state index in [4.69, 9.17) is 0 Å². The summed E-state index contributed by atoms with van der Waals surface area (Å²) in [7, 11) is 0. The van der Waals surface area contributed by atoms with Gasteiger partial charge in [0, 0.05) is 11.6 Å². The highest BCUT2D eigenvalue weighted by molar-refractivity contribution is 5.85. The number of nitrogens with one attached hydrogen (secondary N) is 1. The Morgan fingerprint density at radius 2 is 1.90 bits per heavy atom. The molecule has 1 atom stereocenters. The van der Waals surface area contributed by atoms with Crippen LogP contribution in [0.2, 0.25) is 0 Å². The maximum Gasteiger partial charge on any atom is 0.242 e. The van der Waals surface area contributed by atoms with Gasteiger partial charge in [-0.15, -0.1) is 0 Å². The molecule has 152 valence electrons. The molecule has 4 rings (SSSR count). The minimum absolute atomic E-state index is 0.0552. The number of amides is 1. The number of aryl methyl sites for hydroxylation is 1. The molecule has 29 heavy (non-hydrogen) atoms. The van der Waals surface area contributed by atoms with Gasteiger partial charge in [-0.25, -0.2) is 9.67 Å². The van der Waals surface area contributed by atoms with Gasteiger partial charge < -0.3 is 5.32 Å². The lowest BCUT2D eigenvalue weighted by molar-refractivity contribution is -0.122. The SMILES string of the molecule is Cc1nn(CC(=O)NC(C)c2ccc(C(C)(C)C)cc2)c2nccc(C3CC3)c12. The first-order chi connectivity index (χ1) is 13.7. The Kier molecular flexibility index (Phi) is 4.93. The van der Waals surface area contributed by atoms with Crippen LogP contribution in [0.1, 0.15) is 74.9 Å². The van der Waals surface area contributed by atoms with Crippen LogP contribution in [0.15, 0.2) is 36.5 Å². The molecular weight excluding hydrogens is 360 g/mol. The Morgan fingerprint density at radius 3 is 2.52 bits per heavy atom. The third-order valence-corrected chi connectivity index (χ3v) is 5.80. The summed E-state index contributed by atoms with van der Waals surface area (Å²) in [5, 5.41) is 8.83. The van der Waals surface area contributed by atoms with Gasteiger partial charge in [0.05, 0.1) is 11.7 Å². The van der Waals surface area contributed by atoms with E-state index in [9.17, 15) is 4.79 Å². The van der Waals surface area contributed by atoms with Crippen molar-refractivity contribution in [2.75, 3.05) is 0 Å². The summed E-state index contributed by atoms with van der Waals surface area (Å²) in [5.41, 5.74) is 5.60.